The molecule has 0 aromatic rings. The standard InChI is InChI=1S/C13H26N2O2/c1-10(2)14-6-13(9-17-12(5)16)7-15(8-13)11(3)4/h10-11,14H,6-9H2,1-5H3. The summed E-state index contributed by atoms with van der Waals surface area (Å²) in [7, 11) is 0. The minimum atomic E-state index is -0.183. The first-order chi connectivity index (χ1) is 7.84. The van der Waals surface area contributed by atoms with Crippen LogP contribution in [0.1, 0.15) is 34.6 Å². The van der Waals surface area contributed by atoms with E-state index in [0.717, 1.165) is 19.6 Å². The van der Waals surface area contributed by atoms with Gasteiger partial charge in [-0.1, -0.05) is 13.8 Å². The zero-order valence-electron chi connectivity index (χ0n) is 11.7. The van der Waals surface area contributed by atoms with Gasteiger partial charge in [0.1, 0.15) is 6.61 Å². The molecular weight excluding hydrogens is 216 g/mol. The average molecular weight is 242 g/mol. The maximum atomic E-state index is 10.9. The van der Waals surface area contributed by atoms with Gasteiger partial charge in [0.15, 0.2) is 0 Å². The number of hydrogen-bond donors (Lipinski definition) is 1. The largest absolute Gasteiger partial charge is 0.465 e. The lowest BCUT2D eigenvalue weighted by Gasteiger charge is -2.52. The van der Waals surface area contributed by atoms with E-state index in [9.17, 15) is 4.79 Å². The highest BCUT2D eigenvalue weighted by atomic mass is 16.5. The molecule has 1 rings (SSSR count). The second-order valence-electron chi connectivity index (χ2n) is 5.81. The van der Waals surface area contributed by atoms with Crippen LogP contribution in [-0.2, 0) is 9.53 Å². The van der Waals surface area contributed by atoms with Crippen LogP contribution < -0.4 is 5.32 Å². The van der Waals surface area contributed by atoms with Crippen LogP contribution in [-0.4, -0.2) is 49.2 Å². The summed E-state index contributed by atoms with van der Waals surface area (Å²) in [6, 6.07) is 1.04. The Kier molecular flexibility index (Phi) is 4.95. The number of carbonyl (C=O) groups is 1. The molecule has 1 N–H and O–H groups in total. The van der Waals surface area contributed by atoms with E-state index in [4.69, 9.17) is 4.74 Å². The summed E-state index contributed by atoms with van der Waals surface area (Å²) in [6.45, 7) is 13.6. The molecule has 0 bridgehead atoms. The minimum absolute atomic E-state index is 0.111. The molecule has 1 aliphatic rings. The summed E-state index contributed by atoms with van der Waals surface area (Å²) in [5, 5.41) is 3.45. The Labute approximate surface area is 105 Å². The Morgan fingerprint density at radius 2 is 1.94 bits per heavy atom. The normalized spacial score (nSPS) is 19.5. The number of ether oxygens (including phenoxy) is 1. The van der Waals surface area contributed by atoms with Crippen molar-refractivity contribution in [1.82, 2.24) is 10.2 Å². The molecule has 1 fully saturated rings. The number of nitrogens with zero attached hydrogens (tertiary/aromatic N) is 1. The molecule has 1 heterocycles. The number of hydrogen-bond acceptors (Lipinski definition) is 4. The first kappa shape index (κ1) is 14.5. The van der Waals surface area contributed by atoms with Gasteiger partial charge in [0.25, 0.3) is 0 Å². The Bertz CT molecular complexity index is 253. The molecule has 1 saturated heterocycles. The maximum absolute atomic E-state index is 10.9. The second-order valence-corrected chi connectivity index (χ2v) is 5.81. The second kappa shape index (κ2) is 5.83. The third-order valence-corrected chi connectivity index (χ3v) is 3.27. The fourth-order valence-corrected chi connectivity index (χ4v) is 2.11. The van der Waals surface area contributed by atoms with Crippen molar-refractivity contribution in [2.24, 2.45) is 5.41 Å². The molecule has 4 heteroatoms. The predicted molar refractivity (Wildman–Crippen MR) is 68.9 cm³/mol. The molecule has 0 aliphatic carbocycles. The van der Waals surface area contributed by atoms with Crippen molar-refractivity contribution in [2.45, 2.75) is 46.7 Å². The molecule has 0 aromatic heterocycles. The molecule has 4 nitrogen and oxygen atoms in total. The molecule has 0 amide bonds. The van der Waals surface area contributed by atoms with E-state index in [1.807, 2.05) is 0 Å². The number of carbonyl (C=O) groups excluding carboxylic acids is 1. The van der Waals surface area contributed by atoms with Crippen molar-refractivity contribution < 1.29 is 9.53 Å². The maximum Gasteiger partial charge on any atom is 0.302 e. The summed E-state index contributed by atoms with van der Waals surface area (Å²) in [5.41, 5.74) is 0.111. The Hall–Kier alpha value is -0.610. The predicted octanol–water partition coefficient (Wildman–Crippen LogP) is 1.26. The molecular formula is C13H26N2O2. The molecule has 1 aliphatic heterocycles. The van der Waals surface area contributed by atoms with Crippen molar-refractivity contribution in [3.8, 4) is 0 Å². The van der Waals surface area contributed by atoms with Gasteiger partial charge in [-0.15, -0.1) is 0 Å². The van der Waals surface area contributed by atoms with Gasteiger partial charge < -0.3 is 10.1 Å². The summed E-state index contributed by atoms with van der Waals surface area (Å²) < 4.78 is 5.20. The zero-order chi connectivity index (χ0) is 13.1. The smallest absolute Gasteiger partial charge is 0.302 e. The molecule has 0 saturated carbocycles. The molecule has 100 valence electrons. The Balaban J connectivity index is 2.46. The number of esters is 1. The van der Waals surface area contributed by atoms with Crippen LogP contribution in [0.25, 0.3) is 0 Å². The highest BCUT2D eigenvalue weighted by Crippen LogP contribution is 2.32. The van der Waals surface area contributed by atoms with E-state index in [-0.39, 0.29) is 11.4 Å². The number of nitrogens with one attached hydrogen (secondary N) is 1. The fourth-order valence-electron chi connectivity index (χ4n) is 2.11. The van der Waals surface area contributed by atoms with Crippen LogP contribution in [0.4, 0.5) is 0 Å². The molecule has 0 unspecified atom stereocenters. The molecule has 17 heavy (non-hydrogen) atoms. The van der Waals surface area contributed by atoms with Crippen LogP contribution in [0.15, 0.2) is 0 Å². The van der Waals surface area contributed by atoms with Crippen LogP contribution in [0.2, 0.25) is 0 Å². The van der Waals surface area contributed by atoms with Gasteiger partial charge in [-0.2, -0.15) is 0 Å². The van der Waals surface area contributed by atoms with E-state index >= 15 is 0 Å². The Morgan fingerprint density at radius 3 is 2.35 bits per heavy atom. The van der Waals surface area contributed by atoms with Gasteiger partial charge >= 0.3 is 5.97 Å². The first-order valence-corrected chi connectivity index (χ1v) is 6.45. The summed E-state index contributed by atoms with van der Waals surface area (Å²) in [5.74, 6) is -0.183. The third-order valence-electron chi connectivity index (χ3n) is 3.27. The summed E-state index contributed by atoms with van der Waals surface area (Å²) in [6.07, 6.45) is 0. The summed E-state index contributed by atoms with van der Waals surface area (Å²) in [4.78, 5) is 13.3. The van der Waals surface area contributed by atoms with Crippen LogP contribution in [0.5, 0.6) is 0 Å². The quantitative estimate of drug-likeness (QED) is 0.712. The topological polar surface area (TPSA) is 41.6 Å². The van der Waals surface area contributed by atoms with Gasteiger partial charge in [-0.25, -0.2) is 0 Å². The van der Waals surface area contributed by atoms with Crippen LogP contribution in [0.3, 0.4) is 0 Å². The molecule has 0 spiro atoms. The lowest BCUT2D eigenvalue weighted by molar-refractivity contribution is -0.150. The lowest BCUT2D eigenvalue weighted by Crippen LogP contribution is -2.64. The van der Waals surface area contributed by atoms with Crippen molar-refractivity contribution in [3.63, 3.8) is 0 Å². The van der Waals surface area contributed by atoms with Gasteiger partial charge in [-0.3, -0.25) is 9.69 Å². The number of rotatable bonds is 6. The molecule has 0 atom stereocenters. The van der Waals surface area contributed by atoms with Crippen molar-refractivity contribution in [2.75, 3.05) is 26.2 Å². The monoisotopic (exact) mass is 242 g/mol. The van der Waals surface area contributed by atoms with E-state index in [1.54, 1.807) is 0 Å². The average Bonchev–Trinajstić information content (AvgIpc) is 2.14. The lowest BCUT2D eigenvalue weighted by atomic mass is 9.79. The van der Waals surface area contributed by atoms with Crippen LogP contribution in [0, 0.1) is 5.41 Å². The van der Waals surface area contributed by atoms with E-state index in [0.29, 0.717) is 18.7 Å². The highest BCUT2D eigenvalue weighted by Gasteiger charge is 2.44. The van der Waals surface area contributed by atoms with Gasteiger partial charge in [0.2, 0.25) is 0 Å². The van der Waals surface area contributed by atoms with Crippen molar-refractivity contribution in [3.05, 3.63) is 0 Å². The van der Waals surface area contributed by atoms with Crippen molar-refractivity contribution in [1.29, 1.82) is 0 Å². The van der Waals surface area contributed by atoms with E-state index in [2.05, 4.69) is 37.9 Å². The minimum Gasteiger partial charge on any atom is -0.465 e. The van der Waals surface area contributed by atoms with Gasteiger partial charge in [0, 0.05) is 44.1 Å². The Morgan fingerprint density at radius 1 is 1.35 bits per heavy atom. The first-order valence-electron chi connectivity index (χ1n) is 6.45. The summed E-state index contributed by atoms with van der Waals surface area (Å²) >= 11 is 0. The van der Waals surface area contributed by atoms with Crippen molar-refractivity contribution >= 4 is 5.97 Å². The SMILES string of the molecule is CC(=O)OCC1(CNC(C)C)CN(C(C)C)C1. The van der Waals surface area contributed by atoms with E-state index < -0.39 is 0 Å². The van der Waals surface area contributed by atoms with Gasteiger partial charge in [-0.05, 0) is 13.8 Å². The van der Waals surface area contributed by atoms with Gasteiger partial charge in [0.05, 0.1) is 0 Å². The number of likely N-dealkylation sites (tertiary alicyclic amines) is 1. The van der Waals surface area contributed by atoms with E-state index in [1.165, 1.54) is 6.92 Å². The molecule has 0 radical (unpaired) electrons. The third kappa shape index (κ3) is 4.28. The van der Waals surface area contributed by atoms with Crippen LogP contribution >= 0.6 is 0 Å². The highest BCUT2D eigenvalue weighted by molar-refractivity contribution is 5.65. The fraction of sp³-hybridized carbons (Fsp3) is 0.923. The molecule has 0 aromatic carbocycles. The zero-order valence-corrected chi connectivity index (χ0v) is 11.7.